The fraction of sp³-hybridized carbons (Fsp3) is 0.833. The van der Waals surface area contributed by atoms with Crippen LogP contribution in [0, 0.1) is 5.92 Å². The molecule has 2 saturated carbocycles. The average Bonchev–Trinajstić information content (AvgIpc) is 2.54. The average molecular weight is 324 g/mol. The minimum absolute atomic E-state index is 0.117. The molecule has 5 heteroatoms. The molecule has 0 aromatic rings. The van der Waals surface area contributed by atoms with Crippen molar-refractivity contribution in [2.24, 2.45) is 5.92 Å². The summed E-state index contributed by atoms with van der Waals surface area (Å²) >= 11 is 0. The first-order valence-electron chi connectivity index (χ1n) is 8.96. The maximum absolute atomic E-state index is 12.4. The Morgan fingerprint density at radius 3 is 1.52 bits per heavy atom. The highest BCUT2D eigenvalue weighted by Crippen LogP contribution is 2.24. The quantitative estimate of drug-likeness (QED) is 0.553. The molecule has 2 aliphatic carbocycles. The molecular formula is C18H28O5. The summed E-state index contributed by atoms with van der Waals surface area (Å²) < 4.78 is 10.9. The molecule has 0 unspecified atom stereocenters. The van der Waals surface area contributed by atoms with E-state index in [0.29, 0.717) is 0 Å². The summed E-state index contributed by atoms with van der Waals surface area (Å²) in [4.78, 5) is 36.1. The summed E-state index contributed by atoms with van der Waals surface area (Å²) in [5.41, 5.74) is 0. The fourth-order valence-electron chi connectivity index (χ4n) is 3.41. The van der Waals surface area contributed by atoms with Gasteiger partial charge in [-0.15, -0.1) is 0 Å². The molecule has 0 saturated heterocycles. The van der Waals surface area contributed by atoms with Crippen molar-refractivity contribution in [2.75, 3.05) is 0 Å². The Hall–Kier alpha value is -1.39. The molecule has 2 fully saturated rings. The van der Waals surface area contributed by atoms with Gasteiger partial charge in [-0.1, -0.05) is 12.8 Å². The molecule has 0 aromatic carbocycles. The van der Waals surface area contributed by atoms with Crippen molar-refractivity contribution in [3.8, 4) is 0 Å². The van der Waals surface area contributed by atoms with Crippen molar-refractivity contribution in [1.29, 1.82) is 0 Å². The molecular weight excluding hydrogens is 296 g/mol. The van der Waals surface area contributed by atoms with Gasteiger partial charge in [0.1, 0.15) is 18.0 Å². The SMILES string of the molecule is CC(=O)CC(C(=O)OC1CCCCC1)C(=O)OC1CCCCC1. The van der Waals surface area contributed by atoms with Crippen molar-refractivity contribution < 1.29 is 23.9 Å². The van der Waals surface area contributed by atoms with Crippen molar-refractivity contribution in [3.05, 3.63) is 0 Å². The second-order valence-corrected chi connectivity index (χ2v) is 6.85. The molecule has 130 valence electrons. The van der Waals surface area contributed by atoms with Gasteiger partial charge in [0, 0.05) is 6.42 Å². The third-order valence-electron chi connectivity index (χ3n) is 4.73. The monoisotopic (exact) mass is 324 g/mol. The first-order valence-corrected chi connectivity index (χ1v) is 8.96. The largest absolute Gasteiger partial charge is 0.462 e. The van der Waals surface area contributed by atoms with Gasteiger partial charge < -0.3 is 9.47 Å². The van der Waals surface area contributed by atoms with Gasteiger partial charge in [0.2, 0.25) is 0 Å². The van der Waals surface area contributed by atoms with Crippen LogP contribution in [0.2, 0.25) is 0 Å². The van der Waals surface area contributed by atoms with Gasteiger partial charge in [0.25, 0.3) is 0 Å². The molecule has 0 spiro atoms. The Bertz CT molecular complexity index is 387. The zero-order chi connectivity index (χ0) is 16.7. The maximum atomic E-state index is 12.4. The summed E-state index contributed by atoms with van der Waals surface area (Å²) in [6.07, 6.45) is 9.51. The van der Waals surface area contributed by atoms with Crippen molar-refractivity contribution in [1.82, 2.24) is 0 Å². The summed E-state index contributed by atoms with van der Waals surface area (Å²) in [6, 6.07) is 0. The highest BCUT2D eigenvalue weighted by atomic mass is 16.6. The Balaban J connectivity index is 1.92. The van der Waals surface area contributed by atoms with Crippen molar-refractivity contribution in [3.63, 3.8) is 0 Å². The lowest BCUT2D eigenvalue weighted by Gasteiger charge is -2.26. The van der Waals surface area contributed by atoms with Gasteiger partial charge in [-0.3, -0.25) is 14.4 Å². The molecule has 0 atom stereocenters. The molecule has 0 bridgehead atoms. The van der Waals surface area contributed by atoms with Gasteiger partial charge in [0.15, 0.2) is 5.92 Å². The lowest BCUT2D eigenvalue weighted by Crippen LogP contribution is -2.35. The molecule has 5 nitrogen and oxygen atoms in total. The van der Waals surface area contributed by atoms with Crippen molar-refractivity contribution >= 4 is 17.7 Å². The van der Waals surface area contributed by atoms with E-state index >= 15 is 0 Å². The van der Waals surface area contributed by atoms with E-state index in [9.17, 15) is 14.4 Å². The number of carbonyl (C=O) groups excluding carboxylic acids is 3. The molecule has 0 aromatic heterocycles. The number of hydrogen-bond donors (Lipinski definition) is 0. The maximum Gasteiger partial charge on any atom is 0.321 e. The molecule has 0 radical (unpaired) electrons. The van der Waals surface area contributed by atoms with Crippen LogP contribution < -0.4 is 0 Å². The minimum atomic E-state index is -1.10. The molecule has 0 aliphatic heterocycles. The van der Waals surface area contributed by atoms with Crippen LogP contribution in [0.3, 0.4) is 0 Å². The van der Waals surface area contributed by atoms with E-state index in [1.165, 1.54) is 6.92 Å². The fourth-order valence-corrected chi connectivity index (χ4v) is 3.41. The van der Waals surface area contributed by atoms with Crippen LogP contribution in [0.15, 0.2) is 0 Å². The Morgan fingerprint density at radius 1 is 0.783 bits per heavy atom. The van der Waals surface area contributed by atoms with Crippen LogP contribution >= 0.6 is 0 Å². The van der Waals surface area contributed by atoms with Crippen LogP contribution in [0.5, 0.6) is 0 Å². The standard InChI is InChI=1S/C18H28O5/c1-13(19)12-16(17(20)22-14-8-4-2-5-9-14)18(21)23-15-10-6-3-7-11-15/h14-16H,2-12H2,1H3. The van der Waals surface area contributed by atoms with E-state index in [1.807, 2.05) is 0 Å². The second-order valence-electron chi connectivity index (χ2n) is 6.85. The van der Waals surface area contributed by atoms with E-state index in [1.54, 1.807) is 0 Å². The number of ketones is 1. The lowest BCUT2D eigenvalue weighted by atomic mass is 9.96. The predicted molar refractivity (Wildman–Crippen MR) is 84.7 cm³/mol. The van der Waals surface area contributed by atoms with Crippen LogP contribution in [0.25, 0.3) is 0 Å². The number of rotatable bonds is 6. The summed E-state index contributed by atoms with van der Waals surface area (Å²) in [6.45, 7) is 1.38. The van der Waals surface area contributed by atoms with Gasteiger partial charge >= 0.3 is 11.9 Å². The number of esters is 2. The highest BCUT2D eigenvalue weighted by molar-refractivity contribution is 5.98. The molecule has 0 N–H and O–H groups in total. The summed E-state index contributed by atoms with van der Waals surface area (Å²) in [7, 11) is 0. The molecule has 0 heterocycles. The zero-order valence-electron chi connectivity index (χ0n) is 14.1. The van der Waals surface area contributed by atoms with Crippen LogP contribution in [-0.2, 0) is 23.9 Å². The molecule has 0 amide bonds. The Labute approximate surface area is 138 Å². The third-order valence-corrected chi connectivity index (χ3v) is 4.73. The van der Waals surface area contributed by atoms with Gasteiger partial charge in [0.05, 0.1) is 0 Å². The zero-order valence-corrected chi connectivity index (χ0v) is 14.1. The number of Topliss-reactive ketones (excluding diaryl/α,β-unsaturated/α-hetero) is 1. The predicted octanol–water partition coefficient (Wildman–Crippen LogP) is 3.33. The Kier molecular flexibility index (Phi) is 7.06. The van der Waals surface area contributed by atoms with Gasteiger partial charge in [-0.25, -0.2) is 0 Å². The topological polar surface area (TPSA) is 69.7 Å². The van der Waals surface area contributed by atoms with E-state index in [4.69, 9.17) is 9.47 Å². The van der Waals surface area contributed by atoms with E-state index in [-0.39, 0.29) is 24.4 Å². The minimum Gasteiger partial charge on any atom is -0.462 e. The van der Waals surface area contributed by atoms with Crippen LogP contribution in [-0.4, -0.2) is 29.9 Å². The highest BCUT2D eigenvalue weighted by Gasteiger charge is 2.34. The van der Waals surface area contributed by atoms with E-state index in [2.05, 4.69) is 0 Å². The van der Waals surface area contributed by atoms with Crippen LogP contribution in [0.4, 0.5) is 0 Å². The normalized spacial score (nSPS) is 20.3. The first-order chi connectivity index (χ1) is 11.1. The molecule has 2 rings (SSSR count). The lowest BCUT2D eigenvalue weighted by molar-refractivity contribution is -0.171. The number of carbonyl (C=O) groups is 3. The van der Waals surface area contributed by atoms with E-state index < -0.39 is 17.9 Å². The van der Waals surface area contributed by atoms with Gasteiger partial charge in [-0.2, -0.15) is 0 Å². The van der Waals surface area contributed by atoms with Crippen LogP contribution in [0.1, 0.15) is 77.6 Å². The number of ether oxygens (including phenoxy) is 2. The van der Waals surface area contributed by atoms with Crippen molar-refractivity contribution in [2.45, 2.75) is 89.8 Å². The van der Waals surface area contributed by atoms with Gasteiger partial charge in [-0.05, 0) is 58.3 Å². The smallest absolute Gasteiger partial charge is 0.321 e. The summed E-state index contributed by atoms with van der Waals surface area (Å²) in [5.74, 6) is -2.48. The molecule has 23 heavy (non-hydrogen) atoms. The van der Waals surface area contributed by atoms with E-state index in [0.717, 1.165) is 64.2 Å². The second kappa shape index (κ2) is 9.04. The summed E-state index contributed by atoms with van der Waals surface area (Å²) in [5, 5.41) is 0. The molecule has 2 aliphatic rings. The Morgan fingerprint density at radius 2 is 1.17 bits per heavy atom. The third kappa shape index (κ3) is 5.96. The number of hydrogen-bond acceptors (Lipinski definition) is 5. The first kappa shape index (κ1) is 18.0.